The van der Waals surface area contributed by atoms with Crippen LogP contribution in [-0.2, 0) is 24.1 Å². The van der Waals surface area contributed by atoms with Crippen molar-refractivity contribution in [2.45, 2.75) is 45.3 Å². The first-order valence-corrected chi connectivity index (χ1v) is 12.3. The number of ether oxygens (including phenoxy) is 1. The Labute approximate surface area is 212 Å². The lowest BCUT2D eigenvalue weighted by Gasteiger charge is -2.18. The quantitative estimate of drug-likeness (QED) is 0.248. The number of anilines is 1. The molecule has 0 saturated carbocycles. The number of aromatic hydroxyl groups is 1. The topological polar surface area (TPSA) is 130 Å². The monoisotopic (exact) mass is 492 g/mol. The van der Waals surface area contributed by atoms with Gasteiger partial charge in [-0.2, -0.15) is 0 Å². The molecule has 8 heteroatoms. The van der Waals surface area contributed by atoms with Gasteiger partial charge in [0, 0.05) is 30.9 Å². The van der Waals surface area contributed by atoms with Crippen LogP contribution < -0.4 is 21.1 Å². The van der Waals surface area contributed by atoms with Crippen LogP contribution >= 0.6 is 0 Å². The number of nitrogen functional groups attached to an aromatic ring is 1. The standard InChI is InChI=1S/C28H36N4O4/c1-3-36-26-15-20(7-9-24(26)33)11-12-30-28(35)16-22-6-4-5-21(14-22)13-19(2)31-18-25(34)23-8-10-27(29)32-17-23/h4-10,14-15,17,19,25,31,33-34H,3,11-13,16,18H2,1-2H3,(H2,29,32)(H,30,35)/t19-,25+/m1/s1. The van der Waals surface area contributed by atoms with Crippen molar-refractivity contribution >= 4 is 11.7 Å². The van der Waals surface area contributed by atoms with Crippen molar-refractivity contribution in [3.63, 3.8) is 0 Å². The van der Waals surface area contributed by atoms with Gasteiger partial charge in [0.2, 0.25) is 5.91 Å². The van der Waals surface area contributed by atoms with E-state index in [0.717, 1.165) is 28.7 Å². The molecule has 0 spiro atoms. The predicted octanol–water partition coefficient (Wildman–Crippen LogP) is 2.92. The molecular weight excluding hydrogens is 456 g/mol. The van der Waals surface area contributed by atoms with Crippen LogP contribution in [0.5, 0.6) is 11.5 Å². The summed E-state index contributed by atoms with van der Waals surface area (Å²) in [4.78, 5) is 16.5. The molecule has 192 valence electrons. The van der Waals surface area contributed by atoms with Crippen molar-refractivity contribution in [1.82, 2.24) is 15.6 Å². The summed E-state index contributed by atoms with van der Waals surface area (Å²) in [7, 11) is 0. The van der Waals surface area contributed by atoms with Crippen molar-refractivity contribution in [2.75, 3.05) is 25.4 Å². The number of aromatic nitrogens is 1. The van der Waals surface area contributed by atoms with E-state index in [4.69, 9.17) is 10.5 Å². The number of aliphatic hydroxyl groups excluding tert-OH is 1. The summed E-state index contributed by atoms with van der Waals surface area (Å²) in [6.45, 7) is 5.31. The van der Waals surface area contributed by atoms with Gasteiger partial charge in [-0.25, -0.2) is 4.98 Å². The van der Waals surface area contributed by atoms with Gasteiger partial charge in [-0.05, 0) is 61.6 Å². The molecule has 1 amide bonds. The van der Waals surface area contributed by atoms with Crippen molar-refractivity contribution in [3.05, 3.63) is 83.0 Å². The molecule has 0 radical (unpaired) electrons. The first kappa shape index (κ1) is 27.0. The fourth-order valence-electron chi connectivity index (χ4n) is 3.92. The van der Waals surface area contributed by atoms with Crippen LogP contribution in [-0.4, -0.2) is 46.8 Å². The van der Waals surface area contributed by atoms with Gasteiger partial charge < -0.3 is 31.3 Å². The maximum absolute atomic E-state index is 12.5. The first-order chi connectivity index (χ1) is 17.3. The van der Waals surface area contributed by atoms with Crippen LogP contribution in [0.1, 0.15) is 42.2 Å². The fraction of sp³-hybridized carbons (Fsp3) is 0.357. The van der Waals surface area contributed by atoms with Gasteiger partial charge in [-0.3, -0.25) is 4.79 Å². The molecule has 0 unspecified atom stereocenters. The molecule has 0 aliphatic carbocycles. The van der Waals surface area contributed by atoms with Gasteiger partial charge in [-0.15, -0.1) is 0 Å². The molecule has 3 aromatic rings. The van der Waals surface area contributed by atoms with E-state index in [1.807, 2.05) is 37.3 Å². The summed E-state index contributed by atoms with van der Waals surface area (Å²) in [5.74, 6) is 0.958. The third kappa shape index (κ3) is 8.55. The van der Waals surface area contributed by atoms with E-state index in [1.165, 1.54) is 0 Å². The Kier molecular flexibility index (Phi) is 10.1. The average molecular weight is 493 g/mol. The average Bonchev–Trinajstić information content (AvgIpc) is 2.85. The Morgan fingerprint density at radius 3 is 2.67 bits per heavy atom. The molecule has 0 fully saturated rings. The maximum atomic E-state index is 12.5. The van der Waals surface area contributed by atoms with Gasteiger partial charge in [0.25, 0.3) is 0 Å². The molecule has 2 aromatic carbocycles. The Hall–Kier alpha value is -3.62. The van der Waals surface area contributed by atoms with E-state index >= 15 is 0 Å². The van der Waals surface area contributed by atoms with E-state index in [-0.39, 0.29) is 17.7 Å². The molecule has 0 bridgehead atoms. The highest BCUT2D eigenvalue weighted by Gasteiger charge is 2.11. The van der Waals surface area contributed by atoms with Crippen LogP contribution in [0.3, 0.4) is 0 Å². The number of aliphatic hydroxyl groups is 1. The summed E-state index contributed by atoms with van der Waals surface area (Å²) in [5, 5.41) is 26.5. The number of phenolic OH excluding ortho intramolecular Hbond substituents is 1. The molecule has 6 N–H and O–H groups in total. The van der Waals surface area contributed by atoms with E-state index in [0.29, 0.717) is 44.1 Å². The van der Waals surface area contributed by atoms with Crippen LogP contribution in [0.2, 0.25) is 0 Å². The summed E-state index contributed by atoms with van der Waals surface area (Å²) in [6.07, 6.45) is 2.64. The fourth-order valence-corrected chi connectivity index (χ4v) is 3.92. The number of benzene rings is 2. The number of rotatable bonds is 13. The van der Waals surface area contributed by atoms with E-state index in [2.05, 4.69) is 22.5 Å². The maximum Gasteiger partial charge on any atom is 0.224 e. The number of pyridine rings is 1. The largest absolute Gasteiger partial charge is 0.504 e. The molecule has 0 aliphatic heterocycles. The molecule has 3 rings (SSSR count). The second kappa shape index (κ2) is 13.5. The number of nitrogens with zero attached hydrogens (tertiary/aromatic N) is 1. The van der Waals surface area contributed by atoms with Crippen molar-refractivity contribution in [1.29, 1.82) is 0 Å². The SMILES string of the molecule is CCOc1cc(CCNC(=O)Cc2cccc(C[C@@H](C)NC[C@H](O)c3ccc(N)nc3)c2)ccc1O. The Bertz CT molecular complexity index is 1120. The summed E-state index contributed by atoms with van der Waals surface area (Å²) < 4.78 is 5.41. The number of hydrogen-bond donors (Lipinski definition) is 5. The Morgan fingerprint density at radius 1 is 1.11 bits per heavy atom. The van der Waals surface area contributed by atoms with Gasteiger partial charge in [0.15, 0.2) is 11.5 Å². The van der Waals surface area contributed by atoms with Crippen molar-refractivity contribution in [2.24, 2.45) is 0 Å². The van der Waals surface area contributed by atoms with Crippen LogP contribution in [0.15, 0.2) is 60.8 Å². The minimum Gasteiger partial charge on any atom is -0.504 e. The number of carbonyl (C=O) groups excluding carboxylic acids is 1. The molecular formula is C28H36N4O4. The second-order valence-corrected chi connectivity index (χ2v) is 8.88. The van der Waals surface area contributed by atoms with E-state index in [9.17, 15) is 15.0 Å². The zero-order valence-electron chi connectivity index (χ0n) is 20.9. The van der Waals surface area contributed by atoms with E-state index in [1.54, 1.807) is 30.5 Å². The van der Waals surface area contributed by atoms with E-state index < -0.39 is 6.10 Å². The summed E-state index contributed by atoms with van der Waals surface area (Å²) >= 11 is 0. The van der Waals surface area contributed by atoms with Crippen LogP contribution in [0.4, 0.5) is 5.82 Å². The zero-order valence-corrected chi connectivity index (χ0v) is 20.9. The minimum absolute atomic E-state index is 0.0395. The van der Waals surface area contributed by atoms with Gasteiger partial charge >= 0.3 is 0 Å². The smallest absolute Gasteiger partial charge is 0.224 e. The lowest BCUT2D eigenvalue weighted by molar-refractivity contribution is -0.120. The highest BCUT2D eigenvalue weighted by atomic mass is 16.5. The Balaban J connectivity index is 1.43. The highest BCUT2D eigenvalue weighted by molar-refractivity contribution is 5.78. The number of carbonyl (C=O) groups is 1. The number of hydrogen-bond acceptors (Lipinski definition) is 7. The zero-order chi connectivity index (χ0) is 25.9. The third-order valence-electron chi connectivity index (χ3n) is 5.81. The second-order valence-electron chi connectivity index (χ2n) is 8.88. The van der Waals surface area contributed by atoms with Gasteiger partial charge in [0.05, 0.1) is 19.1 Å². The molecule has 2 atom stereocenters. The van der Waals surface area contributed by atoms with Gasteiger partial charge in [0.1, 0.15) is 5.82 Å². The summed E-state index contributed by atoms with van der Waals surface area (Å²) in [6, 6.07) is 16.8. The molecule has 0 saturated heterocycles. The lowest BCUT2D eigenvalue weighted by Crippen LogP contribution is -2.32. The molecule has 36 heavy (non-hydrogen) atoms. The Morgan fingerprint density at radius 2 is 1.92 bits per heavy atom. The lowest BCUT2D eigenvalue weighted by atomic mass is 10.0. The van der Waals surface area contributed by atoms with Crippen molar-refractivity contribution < 1.29 is 19.7 Å². The number of amides is 1. The number of nitrogens with two attached hydrogens (primary N) is 1. The molecule has 1 aromatic heterocycles. The van der Waals surface area contributed by atoms with Gasteiger partial charge in [-0.1, -0.05) is 36.4 Å². The number of nitrogens with one attached hydrogen (secondary N) is 2. The summed E-state index contributed by atoms with van der Waals surface area (Å²) in [5.41, 5.74) is 9.38. The molecule has 0 aliphatic rings. The van der Waals surface area contributed by atoms with Crippen LogP contribution in [0, 0.1) is 0 Å². The number of phenols is 1. The molecule has 1 heterocycles. The van der Waals surface area contributed by atoms with Crippen molar-refractivity contribution in [3.8, 4) is 11.5 Å². The normalized spacial score (nSPS) is 12.6. The first-order valence-electron chi connectivity index (χ1n) is 12.3. The molecule has 8 nitrogen and oxygen atoms in total. The van der Waals surface area contributed by atoms with Crippen LogP contribution in [0.25, 0.3) is 0 Å². The minimum atomic E-state index is -0.664. The third-order valence-corrected chi connectivity index (χ3v) is 5.81. The highest BCUT2D eigenvalue weighted by Crippen LogP contribution is 2.26. The predicted molar refractivity (Wildman–Crippen MR) is 141 cm³/mol.